The van der Waals surface area contributed by atoms with E-state index in [9.17, 15) is 4.79 Å². The maximum atomic E-state index is 12.5. The molecule has 0 aliphatic rings. The van der Waals surface area contributed by atoms with Gasteiger partial charge in [0, 0.05) is 17.4 Å². The van der Waals surface area contributed by atoms with E-state index in [0.29, 0.717) is 34.5 Å². The van der Waals surface area contributed by atoms with Gasteiger partial charge in [-0.05, 0) is 66.8 Å². The smallest absolute Gasteiger partial charge is 0.262 e. The Labute approximate surface area is 181 Å². The number of benzene rings is 2. The molecule has 2 heterocycles. The third kappa shape index (κ3) is 4.74. The average Bonchev–Trinajstić information content (AvgIpc) is 3.23. The maximum absolute atomic E-state index is 12.5. The van der Waals surface area contributed by atoms with Crippen molar-refractivity contribution in [2.45, 2.75) is 33.1 Å². The highest BCUT2D eigenvalue weighted by Gasteiger charge is 2.12. The molecule has 6 nitrogen and oxygen atoms in total. The summed E-state index contributed by atoms with van der Waals surface area (Å²) in [5.74, 6) is 1.41. The van der Waals surface area contributed by atoms with Gasteiger partial charge in [0.15, 0.2) is 17.8 Å². The van der Waals surface area contributed by atoms with Gasteiger partial charge < -0.3 is 14.5 Å². The third-order valence-electron chi connectivity index (χ3n) is 5.35. The first-order valence-corrected chi connectivity index (χ1v) is 10.4. The molecule has 4 rings (SSSR count). The van der Waals surface area contributed by atoms with Gasteiger partial charge in [-0.2, -0.15) is 4.98 Å². The Balaban J connectivity index is 1.42. The molecule has 1 atom stereocenters. The topological polar surface area (TPSA) is 77.2 Å². The molecule has 2 aromatic heterocycles. The van der Waals surface area contributed by atoms with Crippen LogP contribution in [0.25, 0.3) is 22.7 Å². The zero-order valence-corrected chi connectivity index (χ0v) is 17.9. The van der Waals surface area contributed by atoms with Crippen LogP contribution in [0.2, 0.25) is 0 Å². The molecular weight excluding hydrogens is 390 g/mol. The summed E-state index contributed by atoms with van der Waals surface area (Å²) in [5, 5.41) is 2.91. The fraction of sp³-hybridized carbons (Fsp3) is 0.240. The summed E-state index contributed by atoms with van der Waals surface area (Å²) in [4.78, 5) is 21.1. The number of hydrogen-bond donors (Lipinski definition) is 1. The molecular formula is C25H25N3O3. The SMILES string of the molecule is CCC(C)c1ccc(OCC(=O)Nc2cc(-c3nc4ncccc4o3)ccc2C)cc1. The number of carbonyl (C=O) groups is 1. The van der Waals surface area contributed by atoms with E-state index in [0.717, 1.165) is 17.5 Å². The fourth-order valence-electron chi connectivity index (χ4n) is 3.25. The van der Waals surface area contributed by atoms with Crippen molar-refractivity contribution in [3.8, 4) is 17.2 Å². The Morgan fingerprint density at radius 2 is 1.97 bits per heavy atom. The van der Waals surface area contributed by atoms with Gasteiger partial charge in [0.2, 0.25) is 5.89 Å². The lowest BCUT2D eigenvalue weighted by atomic mass is 9.99. The third-order valence-corrected chi connectivity index (χ3v) is 5.35. The number of anilines is 1. The quantitative estimate of drug-likeness (QED) is 0.417. The summed E-state index contributed by atoms with van der Waals surface area (Å²) in [6.07, 6.45) is 2.76. The molecule has 1 N–H and O–H groups in total. The van der Waals surface area contributed by atoms with E-state index in [2.05, 4.69) is 29.1 Å². The van der Waals surface area contributed by atoms with Gasteiger partial charge in [-0.15, -0.1) is 0 Å². The minimum Gasteiger partial charge on any atom is -0.484 e. The normalized spacial score (nSPS) is 12.0. The van der Waals surface area contributed by atoms with Crippen molar-refractivity contribution in [2.24, 2.45) is 0 Å². The van der Waals surface area contributed by atoms with Crippen LogP contribution >= 0.6 is 0 Å². The van der Waals surface area contributed by atoms with Crippen LogP contribution in [-0.4, -0.2) is 22.5 Å². The predicted octanol–water partition coefficient (Wildman–Crippen LogP) is 5.73. The van der Waals surface area contributed by atoms with Crippen LogP contribution in [0.5, 0.6) is 5.75 Å². The summed E-state index contributed by atoms with van der Waals surface area (Å²) in [6, 6.07) is 17.2. The van der Waals surface area contributed by atoms with Crippen LogP contribution in [0.4, 0.5) is 5.69 Å². The summed E-state index contributed by atoms with van der Waals surface area (Å²) in [5.41, 5.74) is 4.83. The van der Waals surface area contributed by atoms with E-state index in [1.54, 1.807) is 12.3 Å². The number of nitrogens with zero attached hydrogens (tertiary/aromatic N) is 2. The van der Waals surface area contributed by atoms with Crippen molar-refractivity contribution in [3.05, 3.63) is 71.9 Å². The number of amides is 1. The monoisotopic (exact) mass is 415 g/mol. The van der Waals surface area contributed by atoms with E-state index >= 15 is 0 Å². The van der Waals surface area contributed by atoms with E-state index in [1.807, 2.05) is 55.5 Å². The summed E-state index contributed by atoms with van der Waals surface area (Å²) < 4.78 is 11.4. The number of hydrogen-bond acceptors (Lipinski definition) is 5. The van der Waals surface area contributed by atoms with Crippen LogP contribution in [0.3, 0.4) is 0 Å². The highest BCUT2D eigenvalue weighted by molar-refractivity contribution is 5.93. The minimum absolute atomic E-state index is 0.0703. The second-order valence-corrected chi connectivity index (χ2v) is 7.59. The van der Waals surface area contributed by atoms with E-state index < -0.39 is 0 Å². The van der Waals surface area contributed by atoms with Gasteiger partial charge in [0.1, 0.15) is 5.75 Å². The van der Waals surface area contributed by atoms with Crippen molar-refractivity contribution in [2.75, 3.05) is 11.9 Å². The Kier molecular flexibility index (Phi) is 5.98. The molecule has 31 heavy (non-hydrogen) atoms. The molecule has 1 unspecified atom stereocenters. The number of pyridine rings is 1. The molecule has 4 aromatic rings. The highest BCUT2D eigenvalue weighted by Crippen LogP contribution is 2.27. The number of nitrogens with one attached hydrogen (secondary N) is 1. The molecule has 0 fully saturated rings. The largest absolute Gasteiger partial charge is 0.484 e. The van der Waals surface area contributed by atoms with Gasteiger partial charge in [0.25, 0.3) is 5.91 Å². The number of aromatic nitrogens is 2. The number of carbonyl (C=O) groups excluding carboxylic acids is 1. The molecule has 0 spiro atoms. The molecule has 2 aromatic carbocycles. The lowest BCUT2D eigenvalue weighted by molar-refractivity contribution is -0.118. The highest BCUT2D eigenvalue weighted by atomic mass is 16.5. The summed E-state index contributed by atoms with van der Waals surface area (Å²) in [6.45, 7) is 6.22. The first kappa shape index (κ1) is 20.6. The van der Waals surface area contributed by atoms with Gasteiger partial charge in [-0.3, -0.25) is 4.79 Å². The van der Waals surface area contributed by atoms with Gasteiger partial charge in [-0.25, -0.2) is 4.98 Å². The molecule has 0 bridgehead atoms. The van der Waals surface area contributed by atoms with Crippen molar-refractivity contribution in [1.29, 1.82) is 0 Å². The van der Waals surface area contributed by atoms with Crippen LogP contribution in [-0.2, 0) is 4.79 Å². The Bertz CT molecular complexity index is 1170. The van der Waals surface area contributed by atoms with Crippen molar-refractivity contribution >= 4 is 22.8 Å². The molecule has 0 saturated heterocycles. The number of fused-ring (bicyclic) bond motifs is 1. The Hall–Kier alpha value is -3.67. The van der Waals surface area contributed by atoms with Crippen molar-refractivity contribution < 1.29 is 13.9 Å². The molecule has 1 amide bonds. The first-order chi connectivity index (χ1) is 15.0. The fourth-order valence-corrected chi connectivity index (χ4v) is 3.25. The van der Waals surface area contributed by atoms with Crippen LogP contribution in [0.15, 0.2) is 65.2 Å². The minimum atomic E-state index is -0.231. The molecule has 0 radical (unpaired) electrons. The zero-order chi connectivity index (χ0) is 21.8. The van der Waals surface area contributed by atoms with E-state index in [4.69, 9.17) is 9.15 Å². The number of oxazole rings is 1. The number of rotatable bonds is 7. The van der Waals surface area contributed by atoms with Crippen LogP contribution in [0.1, 0.15) is 37.3 Å². The lowest BCUT2D eigenvalue weighted by Crippen LogP contribution is -2.20. The van der Waals surface area contributed by atoms with Gasteiger partial charge >= 0.3 is 0 Å². The Morgan fingerprint density at radius 1 is 1.16 bits per heavy atom. The maximum Gasteiger partial charge on any atom is 0.262 e. The standard InChI is InChI=1S/C25H25N3O3/c1-4-16(2)18-9-11-20(12-10-18)30-15-23(29)27-21-14-19(8-7-17(21)3)25-28-24-22(31-25)6-5-13-26-24/h5-14,16H,4,15H2,1-3H3,(H,27,29). The van der Waals surface area contributed by atoms with Crippen molar-refractivity contribution in [3.63, 3.8) is 0 Å². The van der Waals surface area contributed by atoms with Crippen LogP contribution < -0.4 is 10.1 Å². The number of ether oxygens (including phenoxy) is 1. The average molecular weight is 415 g/mol. The predicted molar refractivity (Wildman–Crippen MR) is 121 cm³/mol. The molecule has 0 aliphatic heterocycles. The van der Waals surface area contributed by atoms with Gasteiger partial charge in [-0.1, -0.05) is 32.0 Å². The summed E-state index contributed by atoms with van der Waals surface area (Å²) >= 11 is 0. The first-order valence-electron chi connectivity index (χ1n) is 10.4. The molecule has 0 saturated carbocycles. The molecule has 158 valence electrons. The van der Waals surface area contributed by atoms with Crippen LogP contribution in [0, 0.1) is 6.92 Å². The Morgan fingerprint density at radius 3 is 2.71 bits per heavy atom. The van der Waals surface area contributed by atoms with Gasteiger partial charge in [0.05, 0.1) is 0 Å². The van der Waals surface area contributed by atoms with E-state index in [1.165, 1.54) is 5.56 Å². The lowest BCUT2D eigenvalue weighted by Gasteiger charge is -2.12. The zero-order valence-electron chi connectivity index (χ0n) is 17.9. The molecule has 0 aliphatic carbocycles. The van der Waals surface area contributed by atoms with Crippen molar-refractivity contribution in [1.82, 2.24) is 9.97 Å². The summed E-state index contributed by atoms with van der Waals surface area (Å²) in [7, 11) is 0. The molecule has 6 heteroatoms. The second kappa shape index (κ2) is 9.00. The van der Waals surface area contributed by atoms with E-state index in [-0.39, 0.29) is 12.5 Å². The second-order valence-electron chi connectivity index (χ2n) is 7.59. The number of aryl methyl sites for hydroxylation is 1.